The number of esters is 2. The van der Waals surface area contributed by atoms with E-state index in [-0.39, 0.29) is 30.1 Å². The molecule has 2 aromatic rings. The van der Waals surface area contributed by atoms with E-state index in [1.54, 1.807) is 25.2 Å². The Morgan fingerprint density at radius 1 is 1.06 bits per heavy atom. The summed E-state index contributed by atoms with van der Waals surface area (Å²) in [6, 6.07) is 11.0. The van der Waals surface area contributed by atoms with Gasteiger partial charge in [0.2, 0.25) is 0 Å². The Morgan fingerprint density at radius 2 is 1.75 bits per heavy atom. The number of rotatable bonds is 7. The van der Waals surface area contributed by atoms with E-state index >= 15 is 0 Å². The first-order valence-corrected chi connectivity index (χ1v) is 19.5. The number of halogens is 1. The van der Waals surface area contributed by atoms with Crippen LogP contribution in [0.3, 0.4) is 0 Å². The Hall–Kier alpha value is -3.19. The largest absolute Gasteiger partial charge is 0.454 e. The highest BCUT2D eigenvalue weighted by Crippen LogP contribution is 2.53. The summed E-state index contributed by atoms with van der Waals surface area (Å²) < 4.78 is 12.2. The van der Waals surface area contributed by atoms with Crippen LogP contribution in [-0.2, 0) is 29.5 Å². The van der Waals surface area contributed by atoms with Crippen LogP contribution < -0.4 is 15.3 Å². The fraction of sp³-hybridized carbons (Fsp3) is 0.610. The molecule has 1 saturated carbocycles. The molecule has 0 bridgehead atoms. The number of piperazine rings is 1. The first kappa shape index (κ1) is 38.1. The number of para-hydroxylation sites is 1. The van der Waals surface area contributed by atoms with Crippen molar-refractivity contribution in [1.82, 2.24) is 10.2 Å². The molecule has 5 aliphatic rings. The molecule has 0 amide bonds. The molecular weight excluding hydrogens is 696 g/mol. The highest BCUT2D eigenvalue weighted by molar-refractivity contribution is 6.33. The normalized spacial score (nSPS) is 34.8. The van der Waals surface area contributed by atoms with Crippen LogP contribution in [0.15, 0.2) is 48.0 Å². The van der Waals surface area contributed by atoms with Gasteiger partial charge in [-0.2, -0.15) is 0 Å². The van der Waals surface area contributed by atoms with Gasteiger partial charge in [-0.3, -0.25) is 29.7 Å². The quantitative estimate of drug-likeness (QED) is 0.266. The summed E-state index contributed by atoms with van der Waals surface area (Å²) in [5.74, 6) is -1.39. The standard InChI is InChI=1S/C41H55ClN4O7/c1-23-17-24(2)19-29(18-23)46-15-13-45(14-16-46)22-26(4)30-12-11-27(5)41(50)32(30)20-25(3)36(51-28(6)47)37(41)52-38(48)34-21-40(49)31-9-8-10-33(42)35(31)44(7)53-39(40)43-34/h8-10,17-20,26-27,30,32,34,36-37,39,43,49-50H,11-16,21-22H2,1-7H3/t26?,27-,30+,32-,34+,36-,37+,39-,40-,41-/m1/s1. The number of carbonyl (C=O) groups excluding carboxylic acids is 2. The molecule has 0 spiro atoms. The lowest BCUT2D eigenvalue weighted by molar-refractivity contribution is -0.225. The predicted octanol–water partition coefficient (Wildman–Crippen LogP) is 4.87. The van der Waals surface area contributed by atoms with Crippen LogP contribution >= 0.6 is 11.6 Å². The summed E-state index contributed by atoms with van der Waals surface area (Å²) in [7, 11) is 1.70. The van der Waals surface area contributed by atoms with Crippen molar-refractivity contribution in [1.29, 1.82) is 0 Å². The molecule has 288 valence electrons. The van der Waals surface area contributed by atoms with Crippen LogP contribution in [-0.4, -0.2) is 96.9 Å². The molecule has 1 unspecified atom stereocenters. The van der Waals surface area contributed by atoms with Crippen molar-refractivity contribution >= 4 is 34.9 Å². The molecule has 3 N–H and O–H groups in total. The molecule has 3 aliphatic heterocycles. The number of fused-ring (bicyclic) bond motifs is 4. The van der Waals surface area contributed by atoms with Crippen LogP contribution in [0.25, 0.3) is 0 Å². The second-order valence-electron chi connectivity index (χ2n) is 16.4. The van der Waals surface area contributed by atoms with E-state index in [9.17, 15) is 19.8 Å². The topological polar surface area (TPSA) is 124 Å². The molecule has 2 aromatic carbocycles. The fourth-order valence-corrected chi connectivity index (χ4v) is 10.3. The maximum atomic E-state index is 14.2. The van der Waals surface area contributed by atoms with Crippen molar-refractivity contribution in [3.05, 3.63) is 69.8 Å². The zero-order chi connectivity index (χ0) is 38.0. The average Bonchev–Trinajstić information content (AvgIpc) is 3.45. The summed E-state index contributed by atoms with van der Waals surface area (Å²) in [5.41, 5.74) is 2.61. The van der Waals surface area contributed by atoms with E-state index < -0.39 is 47.6 Å². The monoisotopic (exact) mass is 750 g/mol. The highest BCUT2D eigenvalue weighted by Gasteiger charge is 2.62. The number of anilines is 2. The molecule has 3 fully saturated rings. The van der Waals surface area contributed by atoms with Gasteiger partial charge in [0.25, 0.3) is 0 Å². The van der Waals surface area contributed by atoms with Gasteiger partial charge in [0.1, 0.15) is 17.2 Å². The molecule has 53 heavy (non-hydrogen) atoms. The minimum absolute atomic E-state index is 0.0364. The zero-order valence-corrected chi connectivity index (χ0v) is 32.7. The van der Waals surface area contributed by atoms with Gasteiger partial charge in [-0.25, -0.2) is 0 Å². The van der Waals surface area contributed by atoms with Crippen molar-refractivity contribution in [2.45, 2.75) is 96.5 Å². The second-order valence-corrected chi connectivity index (χ2v) is 16.8. The van der Waals surface area contributed by atoms with Gasteiger partial charge in [0.15, 0.2) is 18.4 Å². The smallest absolute Gasteiger partial charge is 0.323 e. The maximum Gasteiger partial charge on any atom is 0.323 e. The Balaban J connectivity index is 1.10. The lowest BCUT2D eigenvalue weighted by atomic mass is 9.55. The number of nitrogens with zero attached hydrogens (tertiary/aromatic N) is 3. The van der Waals surface area contributed by atoms with Gasteiger partial charge < -0.3 is 24.6 Å². The van der Waals surface area contributed by atoms with Gasteiger partial charge in [0, 0.05) is 70.3 Å². The van der Waals surface area contributed by atoms with Crippen molar-refractivity contribution in [3.63, 3.8) is 0 Å². The van der Waals surface area contributed by atoms with E-state index in [1.807, 2.05) is 13.8 Å². The minimum atomic E-state index is -1.56. The van der Waals surface area contributed by atoms with Crippen molar-refractivity contribution in [2.75, 3.05) is 49.7 Å². The van der Waals surface area contributed by atoms with Crippen LogP contribution in [0.4, 0.5) is 11.4 Å². The SMILES string of the molecule is CC(=O)O[C@@H]1C(C)=C[C@@H]2[C@H](C(C)CN3CCN(c4cc(C)cc(C)c4)CC3)CC[C@@H](C)[C@]2(O)[C@H]1OC(=O)[C@@H]1C[C@@]2(O)c3cccc(Cl)c3N(C)O[C@H]2N1. The van der Waals surface area contributed by atoms with Gasteiger partial charge in [-0.05, 0) is 86.3 Å². The molecule has 7 rings (SSSR count). The average molecular weight is 751 g/mol. The molecule has 3 heterocycles. The first-order chi connectivity index (χ1) is 25.1. The summed E-state index contributed by atoms with van der Waals surface area (Å²) in [5, 5.41) is 29.9. The van der Waals surface area contributed by atoms with Crippen LogP contribution in [0.2, 0.25) is 5.02 Å². The Bertz CT molecular complexity index is 1740. The molecule has 10 atom stereocenters. The fourth-order valence-electron chi connectivity index (χ4n) is 10.0. The van der Waals surface area contributed by atoms with Crippen molar-refractivity contribution in [2.24, 2.45) is 23.7 Å². The van der Waals surface area contributed by atoms with E-state index in [2.05, 4.69) is 60.2 Å². The predicted molar refractivity (Wildman–Crippen MR) is 203 cm³/mol. The van der Waals surface area contributed by atoms with Gasteiger partial charge in [-0.1, -0.05) is 49.7 Å². The third-order valence-corrected chi connectivity index (χ3v) is 13.0. The number of ether oxygens (including phenoxy) is 2. The Kier molecular flexibility index (Phi) is 10.4. The van der Waals surface area contributed by atoms with Gasteiger partial charge in [0.05, 0.1) is 10.7 Å². The minimum Gasteiger partial charge on any atom is -0.454 e. The number of nitrogens with one attached hydrogen (secondary N) is 1. The zero-order valence-electron chi connectivity index (χ0n) is 32.0. The van der Waals surface area contributed by atoms with Crippen LogP contribution in [0.1, 0.15) is 63.6 Å². The maximum absolute atomic E-state index is 14.2. The van der Waals surface area contributed by atoms with E-state index in [0.717, 1.165) is 51.1 Å². The molecule has 12 heteroatoms. The Labute approximate surface area is 318 Å². The number of hydrogen-bond donors (Lipinski definition) is 3. The van der Waals surface area contributed by atoms with Gasteiger partial charge in [-0.15, -0.1) is 0 Å². The number of benzene rings is 2. The first-order valence-electron chi connectivity index (χ1n) is 19.1. The lowest BCUT2D eigenvalue weighted by Gasteiger charge is -2.56. The third kappa shape index (κ3) is 6.87. The molecular formula is C41H55ClN4O7. The van der Waals surface area contributed by atoms with Crippen LogP contribution in [0, 0.1) is 37.5 Å². The number of aliphatic hydroxyl groups is 2. The third-order valence-electron chi connectivity index (χ3n) is 12.7. The summed E-state index contributed by atoms with van der Waals surface area (Å²) in [6.07, 6.45) is 0.647. The summed E-state index contributed by atoms with van der Waals surface area (Å²) >= 11 is 6.49. The van der Waals surface area contributed by atoms with Crippen molar-refractivity contribution in [3.8, 4) is 0 Å². The summed E-state index contributed by atoms with van der Waals surface area (Å²) in [6.45, 7) is 16.5. The summed E-state index contributed by atoms with van der Waals surface area (Å²) in [4.78, 5) is 37.6. The van der Waals surface area contributed by atoms with E-state index in [0.29, 0.717) is 16.3 Å². The van der Waals surface area contributed by atoms with E-state index in [1.165, 1.54) is 28.8 Å². The number of hydroxylamine groups is 1. The van der Waals surface area contributed by atoms with Crippen LogP contribution in [0.5, 0.6) is 0 Å². The van der Waals surface area contributed by atoms with Gasteiger partial charge >= 0.3 is 11.9 Å². The molecule has 2 aliphatic carbocycles. The number of hydrogen-bond acceptors (Lipinski definition) is 11. The Morgan fingerprint density at radius 3 is 2.43 bits per heavy atom. The lowest BCUT2D eigenvalue weighted by Crippen LogP contribution is -2.66. The molecule has 11 nitrogen and oxygen atoms in total. The van der Waals surface area contributed by atoms with E-state index in [4.69, 9.17) is 25.9 Å². The number of carbonyl (C=O) groups is 2. The molecule has 2 saturated heterocycles. The number of aryl methyl sites for hydroxylation is 2. The highest BCUT2D eigenvalue weighted by atomic mass is 35.5. The van der Waals surface area contributed by atoms with Crippen molar-refractivity contribution < 1.29 is 34.1 Å². The second kappa shape index (κ2) is 14.5. The molecule has 0 aromatic heterocycles. The molecule has 0 radical (unpaired) electrons.